The van der Waals surface area contributed by atoms with Gasteiger partial charge >= 0.3 is 12.0 Å². The van der Waals surface area contributed by atoms with E-state index in [0.29, 0.717) is 5.82 Å². The number of aryl methyl sites for hydroxylation is 1. The van der Waals surface area contributed by atoms with Gasteiger partial charge in [0.2, 0.25) is 0 Å². The zero-order chi connectivity index (χ0) is 14.0. The van der Waals surface area contributed by atoms with Gasteiger partial charge in [0, 0.05) is 11.3 Å². The maximum atomic E-state index is 11.8. The topological polar surface area (TPSA) is 107 Å². The van der Waals surface area contributed by atoms with E-state index in [0.717, 1.165) is 22.6 Å². The van der Waals surface area contributed by atoms with Crippen molar-refractivity contribution in [3.05, 3.63) is 28.3 Å². The SMILES string of the molecule is Cc1[nH]nc(NC(=O)Nc2sccc2C(=O)O)c1C. The lowest BCUT2D eigenvalue weighted by atomic mass is 10.3. The van der Waals surface area contributed by atoms with Crippen LogP contribution >= 0.6 is 11.3 Å². The molecule has 2 aromatic heterocycles. The van der Waals surface area contributed by atoms with Gasteiger partial charge < -0.3 is 5.11 Å². The molecule has 0 aliphatic heterocycles. The van der Waals surface area contributed by atoms with Crippen LogP contribution in [0.1, 0.15) is 21.6 Å². The Morgan fingerprint density at radius 3 is 2.68 bits per heavy atom. The van der Waals surface area contributed by atoms with Crippen LogP contribution in [-0.2, 0) is 0 Å². The van der Waals surface area contributed by atoms with Crippen molar-refractivity contribution in [1.82, 2.24) is 10.2 Å². The highest BCUT2D eigenvalue weighted by Gasteiger charge is 2.15. The van der Waals surface area contributed by atoms with Crippen LogP contribution < -0.4 is 10.6 Å². The van der Waals surface area contributed by atoms with E-state index < -0.39 is 12.0 Å². The molecule has 8 heteroatoms. The molecule has 19 heavy (non-hydrogen) atoms. The molecule has 0 aliphatic rings. The number of aromatic carboxylic acids is 1. The Hall–Kier alpha value is -2.35. The summed E-state index contributed by atoms with van der Waals surface area (Å²) < 4.78 is 0. The Labute approximate surface area is 112 Å². The maximum Gasteiger partial charge on any atom is 0.338 e. The minimum Gasteiger partial charge on any atom is -0.478 e. The van der Waals surface area contributed by atoms with Gasteiger partial charge in [0.1, 0.15) is 5.00 Å². The number of carbonyl (C=O) groups excluding carboxylic acids is 1. The van der Waals surface area contributed by atoms with Gasteiger partial charge in [-0.3, -0.25) is 15.7 Å². The molecule has 100 valence electrons. The fourth-order valence-electron chi connectivity index (χ4n) is 1.42. The second-order valence-electron chi connectivity index (χ2n) is 3.87. The lowest BCUT2D eigenvalue weighted by molar-refractivity contribution is 0.0698. The summed E-state index contributed by atoms with van der Waals surface area (Å²) >= 11 is 1.15. The Balaban J connectivity index is 2.08. The number of carboxylic acid groups (broad SMARTS) is 1. The van der Waals surface area contributed by atoms with Gasteiger partial charge in [-0.15, -0.1) is 11.3 Å². The number of rotatable bonds is 3. The van der Waals surface area contributed by atoms with Crippen molar-refractivity contribution in [1.29, 1.82) is 0 Å². The molecule has 0 atom stereocenters. The molecule has 2 amide bonds. The molecule has 2 aromatic rings. The predicted molar refractivity (Wildman–Crippen MR) is 72.0 cm³/mol. The Bertz CT molecular complexity index is 632. The van der Waals surface area contributed by atoms with Crippen LogP contribution in [0.5, 0.6) is 0 Å². The zero-order valence-corrected chi connectivity index (χ0v) is 11.1. The number of amides is 2. The van der Waals surface area contributed by atoms with E-state index in [4.69, 9.17) is 5.11 Å². The van der Waals surface area contributed by atoms with Crippen LogP contribution in [0.25, 0.3) is 0 Å². The van der Waals surface area contributed by atoms with Crippen molar-refractivity contribution >= 4 is 34.2 Å². The highest BCUT2D eigenvalue weighted by molar-refractivity contribution is 7.14. The third-order valence-electron chi connectivity index (χ3n) is 2.61. The van der Waals surface area contributed by atoms with Crippen LogP contribution in [0.3, 0.4) is 0 Å². The monoisotopic (exact) mass is 280 g/mol. The van der Waals surface area contributed by atoms with E-state index in [9.17, 15) is 9.59 Å². The van der Waals surface area contributed by atoms with E-state index in [2.05, 4.69) is 20.8 Å². The number of anilines is 2. The molecule has 7 nitrogen and oxygen atoms in total. The molecule has 0 saturated heterocycles. The van der Waals surface area contributed by atoms with Gasteiger partial charge in [0.15, 0.2) is 5.82 Å². The molecular weight excluding hydrogens is 268 g/mol. The first-order valence-corrected chi connectivity index (χ1v) is 6.27. The van der Waals surface area contributed by atoms with Crippen molar-refractivity contribution in [3.63, 3.8) is 0 Å². The summed E-state index contributed by atoms with van der Waals surface area (Å²) in [5, 5.41) is 22.5. The first-order valence-electron chi connectivity index (χ1n) is 5.39. The number of aromatic nitrogens is 2. The lowest BCUT2D eigenvalue weighted by Gasteiger charge is -2.05. The third-order valence-corrected chi connectivity index (χ3v) is 3.44. The minimum atomic E-state index is -1.08. The van der Waals surface area contributed by atoms with E-state index >= 15 is 0 Å². The normalized spacial score (nSPS) is 10.2. The molecule has 0 fully saturated rings. The number of nitrogens with one attached hydrogen (secondary N) is 3. The van der Waals surface area contributed by atoms with Crippen molar-refractivity contribution in [2.75, 3.05) is 10.6 Å². The Morgan fingerprint density at radius 1 is 1.37 bits per heavy atom. The lowest BCUT2D eigenvalue weighted by Crippen LogP contribution is -2.20. The van der Waals surface area contributed by atoms with Gasteiger partial charge in [-0.05, 0) is 25.3 Å². The summed E-state index contributed by atoms with van der Waals surface area (Å²) in [5.41, 5.74) is 1.76. The van der Waals surface area contributed by atoms with Crippen LogP contribution in [0, 0.1) is 13.8 Å². The molecule has 4 N–H and O–H groups in total. The highest BCUT2D eigenvalue weighted by Crippen LogP contribution is 2.23. The molecule has 2 heterocycles. The van der Waals surface area contributed by atoms with Crippen LogP contribution in [0.2, 0.25) is 0 Å². The van der Waals surface area contributed by atoms with Crippen LogP contribution in [-0.4, -0.2) is 27.3 Å². The van der Waals surface area contributed by atoms with Gasteiger partial charge in [-0.25, -0.2) is 9.59 Å². The van der Waals surface area contributed by atoms with Crippen LogP contribution in [0.15, 0.2) is 11.4 Å². The number of aromatic amines is 1. The molecule has 0 bridgehead atoms. The van der Waals surface area contributed by atoms with Gasteiger partial charge in [0.25, 0.3) is 0 Å². The summed E-state index contributed by atoms with van der Waals surface area (Å²) in [6.45, 7) is 3.66. The largest absolute Gasteiger partial charge is 0.478 e. The highest BCUT2D eigenvalue weighted by atomic mass is 32.1. The molecule has 2 rings (SSSR count). The molecule has 0 spiro atoms. The molecule has 0 aromatic carbocycles. The second-order valence-corrected chi connectivity index (χ2v) is 4.79. The standard InChI is InChI=1S/C11H12N4O3S/c1-5-6(2)14-15-8(5)12-11(18)13-9-7(10(16)17)3-4-19-9/h3-4H,1-2H3,(H,16,17)(H3,12,13,14,15,18). The fourth-order valence-corrected chi connectivity index (χ4v) is 2.20. The summed E-state index contributed by atoms with van der Waals surface area (Å²) in [4.78, 5) is 22.7. The average Bonchev–Trinajstić information content (AvgIpc) is 2.91. The summed E-state index contributed by atoms with van der Waals surface area (Å²) in [7, 11) is 0. The predicted octanol–water partition coefficient (Wildman–Crippen LogP) is 2.43. The molecule has 0 radical (unpaired) electrons. The van der Waals surface area contributed by atoms with E-state index in [1.54, 1.807) is 5.38 Å². The quantitative estimate of drug-likeness (QED) is 0.692. The van der Waals surface area contributed by atoms with E-state index in [-0.39, 0.29) is 10.6 Å². The fraction of sp³-hybridized carbons (Fsp3) is 0.182. The number of urea groups is 1. The van der Waals surface area contributed by atoms with Crippen molar-refractivity contribution < 1.29 is 14.7 Å². The smallest absolute Gasteiger partial charge is 0.338 e. The van der Waals surface area contributed by atoms with E-state index in [1.165, 1.54) is 6.07 Å². The van der Waals surface area contributed by atoms with Gasteiger partial charge in [-0.1, -0.05) is 0 Å². The summed E-state index contributed by atoms with van der Waals surface area (Å²) in [6, 6.07) is 0.909. The summed E-state index contributed by atoms with van der Waals surface area (Å²) in [5.74, 6) is -0.660. The number of hydrogen-bond donors (Lipinski definition) is 4. The maximum absolute atomic E-state index is 11.8. The number of hydrogen-bond acceptors (Lipinski definition) is 4. The number of H-pyrrole nitrogens is 1. The van der Waals surface area contributed by atoms with Gasteiger partial charge in [-0.2, -0.15) is 5.10 Å². The van der Waals surface area contributed by atoms with Crippen LogP contribution in [0.4, 0.5) is 15.6 Å². The van der Waals surface area contributed by atoms with Crippen molar-refractivity contribution in [3.8, 4) is 0 Å². The number of carbonyl (C=O) groups is 2. The van der Waals surface area contributed by atoms with Crippen molar-refractivity contribution in [2.24, 2.45) is 0 Å². The Morgan fingerprint density at radius 2 is 2.11 bits per heavy atom. The summed E-state index contributed by atoms with van der Waals surface area (Å²) in [6.07, 6.45) is 0. The number of nitrogens with zero attached hydrogens (tertiary/aromatic N) is 1. The third kappa shape index (κ3) is 2.74. The zero-order valence-electron chi connectivity index (χ0n) is 10.3. The number of thiophene rings is 1. The van der Waals surface area contributed by atoms with E-state index in [1.807, 2.05) is 13.8 Å². The molecule has 0 aliphatic carbocycles. The second kappa shape index (κ2) is 5.11. The first-order chi connectivity index (χ1) is 8.99. The number of carboxylic acids is 1. The molecule has 0 saturated carbocycles. The average molecular weight is 280 g/mol. The molecule has 0 unspecified atom stereocenters. The molecular formula is C11H12N4O3S. The minimum absolute atomic E-state index is 0.0649. The van der Waals surface area contributed by atoms with Gasteiger partial charge in [0.05, 0.1) is 5.56 Å². The first kappa shape index (κ1) is 13.1. The van der Waals surface area contributed by atoms with Crippen molar-refractivity contribution in [2.45, 2.75) is 13.8 Å². The Kier molecular flexibility index (Phi) is 3.52.